The molecule has 0 radical (unpaired) electrons. The molecule has 0 atom stereocenters. The molecule has 0 saturated heterocycles. The smallest absolute Gasteiger partial charge is 0.210 e. The highest BCUT2D eigenvalue weighted by Gasteiger charge is 2.45. The van der Waals surface area contributed by atoms with Gasteiger partial charge in [-0.15, -0.1) is 0 Å². The van der Waals surface area contributed by atoms with Crippen LogP contribution in [0, 0.1) is 0 Å². The summed E-state index contributed by atoms with van der Waals surface area (Å²) >= 11 is 0. The topological polar surface area (TPSA) is 6.25 Å². The van der Waals surface area contributed by atoms with Crippen LogP contribution in [0.25, 0.3) is 32.7 Å². The van der Waals surface area contributed by atoms with E-state index in [0.717, 1.165) is 25.9 Å². The summed E-state index contributed by atoms with van der Waals surface area (Å²) < 4.78 is 2.57. The SMILES string of the molecule is CCCN1/C(=C/C=C2C(C)=C(/C=C/C3=[N+](CCC)c4ccc5ccccc5c4C3(C)C)c3ccccc3/2)C(C)(C)c2c1ccc1ccccc21. The van der Waals surface area contributed by atoms with Crippen LogP contribution in [0.4, 0.5) is 11.4 Å². The van der Waals surface area contributed by atoms with Crippen molar-refractivity contribution in [2.24, 2.45) is 0 Å². The van der Waals surface area contributed by atoms with Crippen LogP contribution >= 0.6 is 0 Å². The summed E-state index contributed by atoms with van der Waals surface area (Å²) in [6.07, 6.45) is 11.8. The maximum absolute atomic E-state index is 2.57. The van der Waals surface area contributed by atoms with Gasteiger partial charge in [0.05, 0.1) is 5.41 Å². The van der Waals surface area contributed by atoms with Gasteiger partial charge in [0.2, 0.25) is 5.69 Å². The zero-order chi connectivity index (χ0) is 34.8. The Hall–Kier alpha value is -4.95. The summed E-state index contributed by atoms with van der Waals surface area (Å²) in [5.74, 6) is 0. The summed E-state index contributed by atoms with van der Waals surface area (Å²) in [6, 6.07) is 36.0. The molecule has 250 valence electrons. The van der Waals surface area contributed by atoms with Crippen molar-refractivity contribution < 1.29 is 4.58 Å². The molecule has 3 aliphatic rings. The lowest BCUT2D eigenvalue weighted by atomic mass is 9.79. The average molecular weight is 654 g/mol. The fourth-order valence-corrected chi connectivity index (χ4v) is 9.26. The number of fused-ring (bicyclic) bond motifs is 7. The predicted octanol–water partition coefficient (Wildman–Crippen LogP) is 12.3. The molecule has 1 aliphatic carbocycles. The summed E-state index contributed by atoms with van der Waals surface area (Å²) in [4.78, 5) is 2.57. The minimum Gasteiger partial charge on any atom is -0.344 e. The fourth-order valence-electron chi connectivity index (χ4n) is 9.26. The Morgan fingerprint density at radius 1 is 0.640 bits per heavy atom. The Balaban J connectivity index is 1.23. The zero-order valence-corrected chi connectivity index (χ0v) is 30.8. The molecule has 0 amide bonds. The number of hydrogen-bond donors (Lipinski definition) is 0. The lowest BCUT2D eigenvalue weighted by Gasteiger charge is -2.27. The quantitative estimate of drug-likeness (QED) is 0.158. The molecular formula is C48H49N2+. The van der Waals surface area contributed by atoms with Crippen LogP contribution < -0.4 is 4.90 Å². The average Bonchev–Trinajstić information content (AvgIpc) is 3.60. The number of nitrogens with zero attached hydrogens (tertiary/aromatic N) is 2. The van der Waals surface area contributed by atoms with E-state index in [1.54, 1.807) is 0 Å². The van der Waals surface area contributed by atoms with E-state index in [9.17, 15) is 0 Å². The lowest BCUT2D eigenvalue weighted by molar-refractivity contribution is -0.437. The second-order valence-corrected chi connectivity index (χ2v) is 15.4. The Bertz CT molecular complexity index is 2350. The minimum absolute atomic E-state index is 0.118. The van der Waals surface area contributed by atoms with Crippen molar-refractivity contribution in [1.29, 1.82) is 0 Å². The highest BCUT2D eigenvalue weighted by Crippen LogP contribution is 2.51. The minimum atomic E-state index is -0.118. The van der Waals surface area contributed by atoms with Crippen molar-refractivity contribution in [2.75, 3.05) is 18.0 Å². The molecule has 2 nitrogen and oxygen atoms in total. The number of hydrogen-bond acceptors (Lipinski definition) is 1. The Kier molecular flexibility index (Phi) is 7.83. The third kappa shape index (κ3) is 4.79. The number of allylic oxidation sites excluding steroid dienone is 8. The van der Waals surface area contributed by atoms with Crippen LogP contribution in [0.1, 0.15) is 83.6 Å². The second-order valence-electron chi connectivity index (χ2n) is 15.4. The molecular weight excluding hydrogens is 605 g/mol. The second kappa shape index (κ2) is 12.1. The van der Waals surface area contributed by atoms with Crippen LogP contribution in [0.3, 0.4) is 0 Å². The Morgan fingerprint density at radius 2 is 1.28 bits per heavy atom. The summed E-state index contributed by atoms with van der Waals surface area (Å²) in [7, 11) is 0. The van der Waals surface area contributed by atoms with E-state index in [2.05, 4.69) is 179 Å². The molecule has 0 saturated carbocycles. The highest BCUT2D eigenvalue weighted by atomic mass is 15.2. The molecule has 5 aromatic rings. The summed E-state index contributed by atoms with van der Waals surface area (Å²) in [5, 5.41) is 5.35. The van der Waals surface area contributed by atoms with E-state index < -0.39 is 0 Å². The van der Waals surface area contributed by atoms with Gasteiger partial charge in [0.15, 0.2) is 5.71 Å². The molecule has 0 unspecified atom stereocenters. The Labute approximate surface area is 298 Å². The third-order valence-electron chi connectivity index (χ3n) is 11.5. The van der Waals surface area contributed by atoms with Gasteiger partial charge in [-0.05, 0) is 106 Å². The first-order valence-electron chi connectivity index (χ1n) is 18.6. The van der Waals surface area contributed by atoms with Gasteiger partial charge in [-0.3, -0.25) is 0 Å². The van der Waals surface area contributed by atoms with E-state index in [4.69, 9.17) is 0 Å². The molecule has 2 heterocycles. The van der Waals surface area contributed by atoms with Crippen LogP contribution in [0.15, 0.2) is 133 Å². The summed E-state index contributed by atoms with van der Waals surface area (Å²) in [6.45, 7) is 18.5. The first-order chi connectivity index (χ1) is 24.2. The van der Waals surface area contributed by atoms with Gasteiger partial charge in [0.1, 0.15) is 6.54 Å². The van der Waals surface area contributed by atoms with Gasteiger partial charge in [-0.25, -0.2) is 0 Å². The van der Waals surface area contributed by atoms with Crippen molar-refractivity contribution in [1.82, 2.24) is 0 Å². The molecule has 0 aromatic heterocycles. The number of benzene rings is 5. The molecule has 0 N–H and O–H groups in total. The van der Waals surface area contributed by atoms with Gasteiger partial charge < -0.3 is 4.90 Å². The van der Waals surface area contributed by atoms with E-state index in [1.165, 1.54) is 83.3 Å². The Morgan fingerprint density at radius 3 is 1.98 bits per heavy atom. The fraction of sp³-hybridized carbons (Fsp3) is 0.271. The molecule has 5 aromatic carbocycles. The van der Waals surface area contributed by atoms with Crippen molar-refractivity contribution in [3.8, 4) is 0 Å². The van der Waals surface area contributed by atoms with E-state index >= 15 is 0 Å². The van der Waals surface area contributed by atoms with Gasteiger partial charge in [-0.1, -0.05) is 113 Å². The number of anilines is 1. The largest absolute Gasteiger partial charge is 0.344 e. The lowest BCUT2D eigenvalue weighted by Crippen LogP contribution is -2.28. The van der Waals surface area contributed by atoms with Gasteiger partial charge in [0.25, 0.3) is 0 Å². The van der Waals surface area contributed by atoms with Crippen LogP contribution in [-0.2, 0) is 10.8 Å². The highest BCUT2D eigenvalue weighted by molar-refractivity contribution is 6.10. The first kappa shape index (κ1) is 32.3. The third-order valence-corrected chi connectivity index (χ3v) is 11.5. The van der Waals surface area contributed by atoms with Crippen molar-refractivity contribution in [3.63, 3.8) is 0 Å². The predicted molar refractivity (Wildman–Crippen MR) is 216 cm³/mol. The van der Waals surface area contributed by atoms with Crippen molar-refractivity contribution in [3.05, 3.63) is 155 Å². The van der Waals surface area contributed by atoms with Gasteiger partial charge in [-0.2, -0.15) is 4.58 Å². The zero-order valence-electron chi connectivity index (χ0n) is 30.8. The van der Waals surface area contributed by atoms with Crippen LogP contribution in [0.5, 0.6) is 0 Å². The van der Waals surface area contributed by atoms with E-state index in [1.807, 2.05) is 0 Å². The van der Waals surface area contributed by atoms with Gasteiger partial charge >= 0.3 is 0 Å². The molecule has 8 rings (SSSR count). The molecule has 0 spiro atoms. The molecule has 0 fully saturated rings. The maximum Gasteiger partial charge on any atom is 0.210 e. The monoisotopic (exact) mass is 653 g/mol. The maximum atomic E-state index is 2.57. The van der Waals surface area contributed by atoms with E-state index in [-0.39, 0.29) is 10.8 Å². The van der Waals surface area contributed by atoms with Crippen LogP contribution in [-0.4, -0.2) is 23.4 Å². The normalized spacial score (nSPS) is 19.1. The molecule has 2 heteroatoms. The number of rotatable bonds is 7. The standard InChI is InChI=1S/C48H49N2/c1-8-30-49-41-26-22-33-16-10-12-18-37(33)45(41)47(4,5)43(49)28-24-35-32(3)36(40-21-15-14-20-39(35)40)25-29-44-48(6,7)46-38-19-13-11-17-34(38)23-27-42(46)50(44)31-9-2/h10-29H,8-9,30-31H2,1-7H3/q+1. The molecule has 50 heavy (non-hydrogen) atoms. The first-order valence-corrected chi connectivity index (χ1v) is 18.6. The van der Waals surface area contributed by atoms with Crippen molar-refractivity contribution >= 4 is 49.8 Å². The van der Waals surface area contributed by atoms with Gasteiger partial charge in [0, 0.05) is 47.5 Å². The van der Waals surface area contributed by atoms with Crippen LogP contribution in [0.2, 0.25) is 0 Å². The molecule has 2 aliphatic heterocycles. The van der Waals surface area contributed by atoms with E-state index in [0.29, 0.717) is 0 Å². The van der Waals surface area contributed by atoms with Crippen molar-refractivity contribution in [2.45, 2.75) is 72.1 Å². The summed E-state index contributed by atoms with van der Waals surface area (Å²) in [5.41, 5.74) is 14.7. The molecule has 0 bridgehead atoms.